The van der Waals surface area contributed by atoms with Crippen molar-refractivity contribution in [3.63, 3.8) is 0 Å². The highest BCUT2D eigenvalue weighted by Gasteiger charge is 2.01. The van der Waals surface area contributed by atoms with Crippen LogP contribution < -0.4 is 5.73 Å². The van der Waals surface area contributed by atoms with Gasteiger partial charge in [-0.1, -0.05) is 24.3 Å². The summed E-state index contributed by atoms with van der Waals surface area (Å²) in [6.45, 7) is 3.83. The monoisotopic (exact) mass is 209 g/mol. The number of nitrogens with two attached hydrogens (primary N) is 1. The van der Waals surface area contributed by atoms with Gasteiger partial charge >= 0.3 is 0 Å². The fourth-order valence-electron chi connectivity index (χ4n) is 1.29. The Hall–Kier alpha value is -0.900. The summed E-state index contributed by atoms with van der Waals surface area (Å²) in [5.74, 6) is 0. The number of methoxy groups -OCH3 is 1. The van der Waals surface area contributed by atoms with Gasteiger partial charge in [0.2, 0.25) is 0 Å². The molecular formula is C12H19NO2. The Morgan fingerprint density at radius 3 is 2.33 bits per heavy atom. The van der Waals surface area contributed by atoms with Gasteiger partial charge in [0.1, 0.15) is 0 Å². The Kier molecular flexibility index (Phi) is 5.32. The van der Waals surface area contributed by atoms with Gasteiger partial charge in [-0.15, -0.1) is 0 Å². The Morgan fingerprint density at radius 2 is 1.80 bits per heavy atom. The number of hydrogen-bond acceptors (Lipinski definition) is 3. The van der Waals surface area contributed by atoms with Crippen molar-refractivity contribution in [2.24, 2.45) is 5.73 Å². The second-order valence-electron chi connectivity index (χ2n) is 3.60. The quantitative estimate of drug-likeness (QED) is 0.775. The standard InChI is InChI=1S/C12H19NO2/c1-10(8-14-2)15-9-12-5-3-11(7-13)4-6-12/h3-6,10H,7-9,13H2,1-2H3. The van der Waals surface area contributed by atoms with Crippen molar-refractivity contribution in [1.82, 2.24) is 0 Å². The lowest BCUT2D eigenvalue weighted by molar-refractivity contribution is -0.000128. The van der Waals surface area contributed by atoms with E-state index in [1.807, 2.05) is 31.2 Å². The third-order valence-electron chi connectivity index (χ3n) is 2.19. The van der Waals surface area contributed by atoms with Crippen LogP contribution >= 0.6 is 0 Å². The van der Waals surface area contributed by atoms with Gasteiger partial charge in [-0.05, 0) is 18.1 Å². The van der Waals surface area contributed by atoms with Gasteiger partial charge in [0.05, 0.1) is 19.3 Å². The second kappa shape index (κ2) is 6.56. The zero-order chi connectivity index (χ0) is 11.1. The second-order valence-corrected chi connectivity index (χ2v) is 3.60. The SMILES string of the molecule is COCC(C)OCc1ccc(CN)cc1. The summed E-state index contributed by atoms with van der Waals surface area (Å²) in [6.07, 6.45) is 0.129. The van der Waals surface area contributed by atoms with E-state index in [4.69, 9.17) is 15.2 Å². The summed E-state index contributed by atoms with van der Waals surface area (Å²) in [5.41, 5.74) is 7.82. The van der Waals surface area contributed by atoms with Gasteiger partial charge in [-0.25, -0.2) is 0 Å². The van der Waals surface area contributed by atoms with Crippen molar-refractivity contribution in [2.45, 2.75) is 26.2 Å². The predicted molar refractivity (Wildman–Crippen MR) is 60.5 cm³/mol. The molecule has 0 fully saturated rings. The molecule has 0 spiro atoms. The molecule has 0 aliphatic rings. The minimum absolute atomic E-state index is 0.129. The molecule has 0 saturated carbocycles. The van der Waals surface area contributed by atoms with Crippen LogP contribution in [0.5, 0.6) is 0 Å². The number of benzene rings is 1. The van der Waals surface area contributed by atoms with E-state index in [-0.39, 0.29) is 6.10 Å². The van der Waals surface area contributed by atoms with Crippen molar-refractivity contribution in [3.05, 3.63) is 35.4 Å². The molecule has 15 heavy (non-hydrogen) atoms. The van der Waals surface area contributed by atoms with Gasteiger partial charge in [0.15, 0.2) is 0 Å². The van der Waals surface area contributed by atoms with Crippen molar-refractivity contribution < 1.29 is 9.47 Å². The largest absolute Gasteiger partial charge is 0.382 e. The molecule has 0 radical (unpaired) electrons. The van der Waals surface area contributed by atoms with Gasteiger partial charge in [-0.2, -0.15) is 0 Å². The van der Waals surface area contributed by atoms with Crippen LogP contribution in [0, 0.1) is 0 Å². The van der Waals surface area contributed by atoms with Gasteiger partial charge in [0, 0.05) is 13.7 Å². The molecule has 1 aromatic rings. The van der Waals surface area contributed by atoms with E-state index in [0.29, 0.717) is 19.8 Å². The maximum Gasteiger partial charge on any atom is 0.0784 e. The van der Waals surface area contributed by atoms with E-state index in [1.54, 1.807) is 7.11 Å². The molecule has 0 aliphatic heterocycles. The summed E-state index contributed by atoms with van der Waals surface area (Å²) in [6, 6.07) is 8.14. The van der Waals surface area contributed by atoms with E-state index in [0.717, 1.165) is 11.1 Å². The molecule has 0 amide bonds. The minimum atomic E-state index is 0.129. The zero-order valence-corrected chi connectivity index (χ0v) is 9.40. The molecule has 0 aromatic heterocycles. The smallest absolute Gasteiger partial charge is 0.0784 e. The van der Waals surface area contributed by atoms with Crippen LogP contribution in [0.1, 0.15) is 18.1 Å². The summed E-state index contributed by atoms with van der Waals surface area (Å²) in [4.78, 5) is 0. The summed E-state index contributed by atoms with van der Waals surface area (Å²) >= 11 is 0. The lowest BCUT2D eigenvalue weighted by atomic mass is 10.1. The number of ether oxygens (including phenoxy) is 2. The Morgan fingerprint density at radius 1 is 1.20 bits per heavy atom. The molecular weight excluding hydrogens is 190 g/mol. The molecule has 1 rings (SSSR count). The molecule has 3 nitrogen and oxygen atoms in total. The van der Waals surface area contributed by atoms with Crippen LogP contribution in [0.25, 0.3) is 0 Å². The average molecular weight is 209 g/mol. The van der Waals surface area contributed by atoms with Gasteiger partial charge in [-0.3, -0.25) is 0 Å². The fourth-order valence-corrected chi connectivity index (χ4v) is 1.29. The van der Waals surface area contributed by atoms with E-state index < -0.39 is 0 Å². The molecule has 1 unspecified atom stereocenters. The highest BCUT2D eigenvalue weighted by molar-refractivity contribution is 5.21. The van der Waals surface area contributed by atoms with Crippen LogP contribution in [0.4, 0.5) is 0 Å². The first-order chi connectivity index (χ1) is 7.26. The minimum Gasteiger partial charge on any atom is -0.382 e. The number of rotatable bonds is 6. The summed E-state index contributed by atoms with van der Waals surface area (Å²) < 4.78 is 10.6. The Balaban J connectivity index is 2.37. The van der Waals surface area contributed by atoms with Crippen LogP contribution in [0.3, 0.4) is 0 Å². The highest BCUT2D eigenvalue weighted by Crippen LogP contribution is 2.06. The van der Waals surface area contributed by atoms with E-state index in [2.05, 4.69) is 0 Å². The maximum atomic E-state index is 5.59. The third-order valence-corrected chi connectivity index (χ3v) is 2.19. The molecule has 0 bridgehead atoms. The molecule has 0 saturated heterocycles. The number of hydrogen-bond donors (Lipinski definition) is 1. The van der Waals surface area contributed by atoms with Gasteiger partial charge < -0.3 is 15.2 Å². The molecule has 3 heteroatoms. The van der Waals surface area contributed by atoms with Crippen molar-refractivity contribution >= 4 is 0 Å². The van der Waals surface area contributed by atoms with Crippen LogP contribution in [-0.2, 0) is 22.6 Å². The average Bonchev–Trinajstić information content (AvgIpc) is 2.27. The Bertz CT molecular complexity index is 271. The molecule has 2 N–H and O–H groups in total. The first-order valence-corrected chi connectivity index (χ1v) is 5.14. The van der Waals surface area contributed by atoms with Crippen molar-refractivity contribution in [1.29, 1.82) is 0 Å². The molecule has 1 atom stereocenters. The van der Waals surface area contributed by atoms with Crippen molar-refractivity contribution in [2.75, 3.05) is 13.7 Å². The summed E-state index contributed by atoms with van der Waals surface area (Å²) in [5, 5.41) is 0. The summed E-state index contributed by atoms with van der Waals surface area (Å²) in [7, 11) is 1.68. The topological polar surface area (TPSA) is 44.5 Å². The van der Waals surface area contributed by atoms with Crippen LogP contribution in [-0.4, -0.2) is 19.8 Å². The molecule has 1 aromatic carbocycles. The van der Waals surface area contributed by atoms with Crippen LogP contribution in [0.15, 0.2) is 24.3 Å². The molecule has 0 aliphatic carbocycles. The zero-order valence-electron chi connectivity index (χ0n) is 9.40. The van der Waals surface area contributed by atoms with Crippen molar-refractivity contribution in [3.8, 4) is 0 Å². The molecule has 0 heterocycles. The van der Waals surface area contributed by atoms with Gasteiger partial charge in [0.25, 0.3) is 0 Å². The van der Waals surface area contributed by atoms with E-state index in [1.165, 1.54) is 0 Å². The first-order valence-electron chi connectivity index (χ1n) is 5.14. The third kappa shape index (κ3) is 4.42. The highest BCUT2D eigenvalue weighted by atomic mass is 16.5. The Labute approximate surface area is 91.2 Å². The first kappa shape index (κ1) is 12.2. The van der Waals surface area contributed by atoms with E-state index >= 15 is 0 Å². The maximum absolute atomic E-state index is 5.59. The lowest BCUT2D eigenvalue weighted by Crippen LogP contribution is -2.14. The lowest BCUT2D eigenvalue weighted by Gasteiger charge is -2.11. The fraction of sp³-hybridized carbons (Fsp3) is 0.500. The molecule has 84 valence electrons. The predicted octanol–water partition coefficient (Wildman–Crippen LogP) is 1.70. The van der Waals surface area contributed by atoms with E-state index in [9.17, 15) is 0 Å². The van der Waals surface area contributed by atoms with Crippen LogP contribution in [0.2, 0.25) is 0 Å². The normalized spacial score (nSPS) is 12.7.